The number of carbonyl (C=O) groups is 1. The molecule has 5 rings (SSSR count). The molecule has 1 aromatic heterocycles. The van der Waals surface area contributed by atoms with E-state index in [0.717, 1.165) is 36.1 Å². The number of nitrogens with one attached hydrogen (secondary N) is 1. The van der Waals surface area contributed by atoms with Crippen LogP contribution in [0.2, 0.25) is 0 Å². The number of sulfonamides is 1. The molecule has 200 valence electrons. The second-order valence-electron chi connectivity index (χ2n) is 9.96. The lowest BCUT2D eigenvalue weighted by Crippen LogP contribution is -2.40. The second kappa shape index (κ2) is 10.7. The lowest BCUT2D eigenvalue weighted by Gasteiger charge is -2.25. The Bertz CT molecular complexity index is 1440. The van der Waals surface area contributed by atoms with Crippen LogP contribution < -0.4 is 9.46 Å². The number of hydrogen-bond donors (Lipinski definition) is 1. The van der Waals surface area contributed by atoms with Crippen LogP contribution in [0.3, 0.4) is 0 Å². The summed E-state index contributed by atoms with van der Waals surface area (Å²) in [5.41, 5.74) is 3.79. The molecule has 3 heterocycles. The van der Waals surface area contributed by atoms with Crippen molar-refractivity contribution in [1.82, 2.24) is 19.8 Å². The SMILES string of the molecule is CCCCN1CCN2C[C@@H](C1)Oc1cc(-c3c(C)cccc3C)nc(n1)NS(=O)(=O)c1cccc(c1)C2=O. The molecule has 0 radical (unpaired) electrons. The van der Waals surface area contributed by atoms with E-state index in [9.17, 15) is 13.2 Å². The van der Waals surface area contributed by atoms with E-state index >= 15 is 0 Å². The lowest BCUT2D eigenvalue weighted by molar-refractivity contribution is 0.0690. The zero-order valence-electron chi connectivity index (χ0n) is 22.0. The Hall–Kier alpha value is -3.50. The summed E-state index contributed by atoms with van der Waals surface area (Å²) in [5.74, 6) is -0.0400. The van der Waals surface area contributed by atoms with Crippen LogP contribution >= 0.6 is 0 Å². The van der Waals surface area contributed by atoms with Crippen LogP contribution in [0.15, 0.2) is 53.4 Å². The van der Waals surface area contributed by atoms with Gasteiger partial charge in [-0.3, -0.25) is 9.69 Å². The number of aromatic nitrogens is 2. The molecule has 10 heteroatoms. The van der Waals surface area contributed by atoms with Gasteiger partial charge in [0.2, 0.25) is 11.8 Å². The smallest absolute Gasteiger partial charge is 0.264 e. The number of amides is 1. The maximum absolute atomic E-state index is 13.5. The average molecular weight is 536 g/mol. The predicted octanol–water partition coefficient (Wildman–Crippen LogP) is 3.88. The molecule has 0 saturated carbocycles. The summed E-state index contributed by atoms with van der Waals surface area (Å²) < 4.78 is 35.6. The van der Waals surface area contributed by atoms with Crippen molar-refractivity contribution in [1.29, 1.82) is 0 Å². The highest BCUT2D eigenvalue weighted by Gasteiger charge is 2.30. The minimum atomic E-state index is -4.06. The summed E-state index contributed by atoms with van der Waals surface area (Å²) >= 11 is 0. The second-order valence-corrected chi connectivity index (χ2v) is 11.6. The fourth-order valence-corrected chi connectivity index (χ4v) is 6.08. The Morgan fingerprint density at radius 1 is 1.03 bits per heavy atom. The highest BCUT2D eigenvalue weighted by Crippen LogP contribution is 2.30. The highest BCUT2D eigenvalue weighted by atomic mass is 32.2. The standard InChI is InChI=1S/C28H33N5O4S/c1-4-5-12-32-13-14-33-18-22(17-32)37-25-16-24(26-19(2)8-6-9-20(26)3)29-28(30-25)31-38(35,36)23-11-7-10-21(15-23)27(33)34/h6-11,15-16,22H,4-5,12-14,17-18H2,1-3H3,(H,29,30,31)/t22-/m1/s1. The first-order chi connectivity index (χ1) is 18.2. The molecule has 1 atom stereocenters. The van der Waals surface area contributed by atoms with Crippen molar-refractivity contribution in [3.63, 3.8) is 0 Å². The topological polar surface area (TPSA) is 105 Å². The van der Waals surface area contributed by atoms with Crippen molar-refractivity contribution in [3.8, 4) is 17.1 Å². The molecule has 6 bridgehead atoms. The first-order valence-electron chi connectivity index (χ1n) is 13.0. The molecule has 1 fully saturated rings. The van der Waals surface area contributed by atoms with E-state index in [1.165, 1.54) is 12.1 Å². The van der Waals surface area contributed by atoms with Crippen molar-refractivity contribution in [2.45, 2.75) is 44.6 Å². The highest BCUT2D eigenvalue weighted by molar-refractivity contribution is 7.92. The van der Waals surface area contributed by atoms with Gasteiger partial charge in [0, 0.05) is 36.8 Å². The number of unbranched alkanes of at least 4 members (excludes halogenated alkanes) is 1. The Balaban J connectivity index is 1.64. The van der Waals surface area contributed by atoms with Crippen molar-refractivity contribution in [2.24, 2.45) is 0 Å². The number of ether oxygens (including phenoxy) is 1. The van der Waals surface area contributed by atoms with Crippen molar-refractivity contribution < 1.29 is 17.9 Å². The zero-order chi connectivity index (χ0) is 26.9. The third-order valence-electron chi connectivity index (χ3n) is 7.03. The molecule has 0 aliphatic carbocycles. The molecule has 1 N–H and O–H groups in total. The molecule has 3 aromatic rings. The van der Waals surface area contributed by atoms with Gasteiger partial charge >= 0.3 is 0 Å². The molecule has 2 aromatic carbocycles. The average Bonchev–Trinajstić information content (AvgIpc) is 3.08. The molecular formula is C28H33N5O4S. The summed E-state index contributed by atoms with van der Waals surface area (Å²) in [6.07, 6.45) is 1.78. The van der Waals surface area contributed by atoms with Gasteiger partial charge in [-0.25, -0.2) is 18.1 Å². The molecular weight excluding hydrogens is 502 g/mol. The van der Waals surface area contributed by atoms with E-state index in [2.05, 4.69) is 26.5 Å². The van der Waals surface area contributed by atoms with Crippen LogP contribution in [0.5, 0.6) is 5.88 Å². The number of nitrogens with zero attached hydrogens (tertiary/aromatic N) is 4. The van der Waals surface area contributed by atoms with Gasteiger partial charge in [-0.2, -0.15) is 4.98 Å². The Morgan fingerprint density at radius 2 is 1.79 bits per heavy atom. The van der Waals surface area contributed by atoms with Gasteiger partial charge in [0.05, 0.1) is 17.1 Å². The number of rotatable bonds is 4. The summed E-state index contributed by atoms with van der Waals surface area (Å²) in [5, 5.41) is 0. The molecule has 0 spiro atoms. The minimum Gasteiger partial charge on any atom is -0.471 e. The van der Waals surface area contributed by atoms with Gasteiger partial charge in [-0.15, -0.1) is 0 Å². The van der Waals surface area contributed by atoms with Crippen LogP contribution in [-0.4, -0.2) is 72.9 Å². The normalized spacial score (nSPS) is 19.3. The summed E-state index contributed by atoms with van der Waals surface area (Å²) in [7, 11) is -4.06. The maximum atomic E-state index is 13.5. The van der Waals surface area contributed by atoms with E-state index in [0.29, 0.717) is 37.4 Å². The third kappa shape index (κ3) is 5.51. The van der Waals surface area contributed by atoms with Crippen LogP contribution in [0, 0.1) is 13.8 Å². The maximum Gasteiger partial charge on any atom is 0.264 e. The molecule has 0 unspecified atom stereocenters. The lowest BCUT2D eigenvalue weighted by atomic mass is 10.00. The third-order valence-corrected chi connectivity index (χ3v) is 8.36. The summed E-state index contributed by atoms with van der Waals surface area (Å²) in [6.45, 7) is 9.29. The quantitative estimate of drug-likeness (QED) is 0.541. The van der Waals surface area contributed by atoms with Gasteiger partial charge < -0.3 is 9.64 Å². The number of benzene rings is 2. The van der Waals surface area contributed by atoms with Gasteiger partial charge in [-0.1, -0.05) is 37.6 Å². The Kier molecular flexibility index (Phi) is 7.36. The Labute approximate surface area is 223 Å². The molecule has 9 nitrogen and oxygen atoms in total. The number of carbonyl (C=O) groups excluding carboxylic acids is 1. The minimum absolute atomic E-state index is 0.0258. The number of fused-ring (bicyclic) bond motifs is 6. The van der Waals surface area contributed by atoms with E-state index in [-0.39, 0.29) is 28.7 Å². The molecule has 38 heavy (non-hydrogen) atoms. The molecule has 2 aliphatic heterocycles. The number of aryl methyl sites for hydroxylation is 2. The van der Waals surface area contributed by atoms with E-state index < -0.39 is 10.0 Å². The van der Waals surface area contributed by atoms with E-state index in [1.807, 2.05) is 32.0 Å². The van der Waals surface area contributed by atoms with Crippen LogP contribution in [0.4, 0.5) is 5.95 Å². The molecule has 1 saturated heterocycles. The predicted molar refractivity (Wildman–Crippen MR) is 146 cm³/mol. The largest absolute Gasteiger partial charge is 0.471 e. The monoisotopic (exact) mass is 535 g/mol. The van der Waals surface area contributed by atoms with Crippen LogP contribution in [0.25, 0.3) is 11.3 Å². The number of anilines is 1. The van der Waals surface area contributed by atoms with E-state index in [1.54, 1.807) is 23.1 Å². The molecule has 2 aliphatic rings. The summed E-state index contributed by atoms with van der Waals surface area (Å²) in [4.78, 5) is 26.6. The number of hydrogen-bond acceptors (Lipinski definition) is 7. The zero-order valence-corrected chi connectivity index (χ0v) is 22.8. The van der Waals surface area contributed by atoms with E-state index in [4.69, 9.17) is 4.74 Å². The fraction of sp³-hybridized carbons (Fsp3) is 0.393. The fourth-order valence-electron chi connectivity index (χ4n) is 5.09. The van der Waals surface area contributed by atoms with Gasteiger partial charge in [0.15, 0.2) is 0 Å². The van der Waals surface area contributed by atoms with Crippen LogP contribution in [0.1, 0.15) is 41.3 Å². The molecule has 1 amide bonds. The summed E-state index contributed by atoms with van der Waals surface area (Å²) in [6, 6.07) is 13.8. The first kappa shape index (κ1) is 26.1. The van der Waals surface area contributed by atoms with Gasteiger partial charge in [0.1, 0.15) is 6.10 Å². The van der Waals surface area contributed by atoms with Gasteiger partial charge in [0.25, 0.3) is 15.9 Å². The van der Waals surface area contributed by atoms with Crippen LogP contribution in [-0.2, 0) is 10.0 Å². The first-order valence-corrected chi connectivity index (χ1v) is 14.5. The van der Waals surface area contributed by atoms with Crippen molar-refractivity contribution in [3.05, 3.63) is 65.2 Å². The Morgan fingerprint density at radius 3 is 2.55 bits per heavy atom. The van der Waals surface area contributed by atoms with Crippen molar-refractivity contribution in [2.75, 3.05) is 37.4 Å². The van der Waals surface area contributed by atoms with Gasteiger partial charge in [-0.05, 0) is 56.1 Å². The van der Waals surface area contributed by atoms with Crippen molar-refractivity contribution >= 4 is 21.9 Å².